The maximum absolute atomic E-state index is 11.4. The van der Waals surface area contributed by atoms with Crippen molar-refractivity contribution < 1.29 is 9.53 Å². The van der Waals surface area contributed by atoms with E-state index < -0.39 is 0 Å². The van der Waals surface area contributed by atoms with Crippen LogP contribution in [0.4, 0.5) is 0 Å². The molecule has 0 saturated carbocycles. The van der Waals surface area contributed by atoms with Crippen LogP contribution in [0.1, 0.15) is 16.8 Å². The number of fused-ring (bicyclic) bond motifs is 1. The number of hydrogen-bond donors (Lipinski definition) is 0. The summed E-state index contributed by atoms with van der Waals surface area (Å²) in [5.74, 6) is -0.228. The second kappa shape index (κ2) is 4.53. The lowest BCUT2D eigenvalue weighted by molar-refractivity contribution is -0.139. The third-order valence-electron chi connectivity index (χ3n) is 3.03. The third-order valence-corrected chi connectivity index (χ3v) is 3.03. The Morgan fingerprint density at radius 3 is 2.71 bits per heavy atom. The van der Waals surface area contributed by atoms with E-state index in [2.05, 4.69) is 4.98 Å². The van der Waals surface area contributed by atoms with E-state index in [9.17, 15) is 4.79 Å². The zero-order valence-corrected chi connectivity index (χ0v) is 10.3. The van der Waals surface area contributed by atoms with E-state index >= 15 is 0 Å². The zero-order valence-electron chi connectivity index (χ0n) is 10.3. The minimum Gasteiger partial charge on any atom is -0.469 e. The lowest BCUT2D eigenvalue weighted by Crippen LogP contribution is -2.08. The van der Waals surface area contributed by atoms with Crippen LogP contribution in [-0.4, -0.2) is 18.1 Å². The largest absolute Gasteiger partial charge is 0.469 e. The number of benzene rings is 1. The summed E-state index contributed by atoms with van der Waals surface area (Å²) in [7, 11) is 1.40. The number of aromatic nitrogens is 1. The molecule has 2 aromatic rings. The molecule has 17 heavy (non-hydrogen) atoms. The number of methoxy groups -OCH3 is 1. The molecule has 0 aliphatic heterocycles. The van der Waals surface area contributed by atoms with E-state index in [1.165, 1.54) is 7.11 Å². The van der Waals surface area contributed by atoms with Crippen LogP contribution in [0, 0.1) is 13.8 Å². The highest BCUT2D eigenvalue weighted by Gasteiger charge is 2.12. The Bertz CT molecular complexity index is 576. The summed E-state index contributed by atoms with van der Waals surface area (Å²) >= 11 is 0. The van der Waals surface area contributed by atoms with E-state index in [0.717, 1.165) is 27.7 Å². The molecular formula is C14H15NO2. The molecule has 0 N–H and O–H groups in total. The highest BCUT2D eigenvalue weighted by molar-refractivity contribution is 5.85. The highest BCUT2D eigenvalue weighted by atomic mass is 16.5. The van der Waals surface area contributed by atoms with Crippen molar-refractivity contribution in [1.29, 1.82) is 0 Å². The fourth-order valence-corrected chi connectivity index (χ4v) is 2.05. The molecule has 0 amide bonds. The van der Waals surface area contributed by atoms with Gasteiger partial charge in [0, 0.05) is 11.1 Å². The molecule has 0 aliphatic rings. The van der Waals surface area contributed by atoms with Gasteiger partial charge >= 0.3 is 5.97 Å². The van der Waals surface area contributed by atoms with Crippen molar-refractivity contribution in [3.8, 4) is 0 Å². The van der Waals surface area contributed by atoms with Crippen molar-refractivity contribution in [2.24, 2.45) is 0 Å². The Labute approximate surface area is 100 Å². The fraction of sp³-hybridized carbons (Fsp3) is 0.286. The highest BCUT2D eigenvalue weighted by Crippen LogP contribution is 2.22. The van der Waals surface area contributed by atoms with Gasteiger partial charge in [0.1, 0.15) is 0 Å². The number of aryl methyl sites for hydroxylation is 2. The van der Waals surface area contributed by atoms with Gasteiger partial charge in [-0.05, 0) is 31.0 Å². The molecule has 0 unspecified atom stereocenters. The molecular weight excluding hydrogens is 214 g/mol. The first-order valence-electron chi connectivity index (χ1n) is 5.55. The Kier molecular flexibility index (Phi) is 3.09. The van der Waals surface area contributed by atoms with Crippen molar-refractivity contribution in [3.63, 3.8) is 0 Å². The van der Waals surface area contributed by atoms with E-state index in [1.807, 2.05) is 38.1 Å². The van der Waals surface area contributed by atoms with Crippen molar-refractivity contribution >= 4 is 16.9 Å². The van der Waals surface area contributed by atoms with Crippen LogP contribution in [0.3, 0.4) is 0 Å². The van der Waals surface area contributed by atoms with Gasteiger partial charge in [-0.3, -0.25) is 9.78 Å². The predicted molar refractivity (Wildman–Crippen MR) is 66.9 cm³/mol. The maximum atomic E-state index is 11.4. The van der Waals surface area contributed by atoms with Gasteiger partial charge in [0.25, 0.3) is 0 Å². The molecule has 3 nitrogen and oxygen atoms in total. The minimum absolute atomic E-state index is 0.228. The number of ether oxygens (including phenoxy) is 1. The van der Waals surface area contributed by atoms with Crippen LogP contribution in [0.15, 0.2) is 24.3 Å². The second-order valence-electron chi connectivity index (χ2n) is 4.07. The van der Waals surface area contributed by atoms with E-state index in [-0.39, 0.29) is 12.4 Å². The number of nitrogens with zero attached hydrogens (tertiary/aromatic N) is 1. The van der Waals surface area contributed by atoms with Gasteiger partial charge in [-0.15, -0.1) is 0 Å². The Morgan fingerprint density at radius 2 is 2.00 bits per heavy atom. The summed E-state index contributed by atoms with van der Waals surface area (Å²) in [5.41, 5.74) is 3.94. The molecule has 0 saturated heterocycles. The number of para-hydroxylation sites is 1. The van der Waals surface area contributed by atoms with Gasteiger partial charge in [-0.2, -0.15) is 0 Å². The number of carbonyl (C=O) groups excluding carboxylic acids is 1. The van der Waals surface area contributed by atoms with Gasteiger partial charge in [0.2, 0.25) is 0 Å². The van der Waals surface area contributed by atoms with Gasteiger partial charge in [0.05, 0.1) is 19.0 Å². The third kappa shape index (κ3) is 2.13. The molecule has 1 aromatic carbocycles. The van der Waals surface area contributed by atoms with Crippen LogP contribution in [0.5, 0.6) is 0 Å². The smallest absolute Gasteiger partial charge is 0.310 e. The summed E-state index contributed by atoms with van der Waals surface area (Å²) in [6.45, 7) is 3.95. The van der Waals surface area contributed by atoms with Crippen molar-refractivity contribution in [2.45, 2.75) is 20.3 Å². The first-order valence-corrected chi connectivity index (χ1v) is 5.55. The molecule has 0 bridgehead atoms. The number of rotatable bonds is 2. The number of carbonyl (C=O) groups is 1. The first kappa shape index (κ1) is 11.6. The molecule has 1 aromatic heterocycles. The van der Waals surface area contributed by atoms with Crippen molar-refractivity contribution in [2.75, 3.05) is 7.11 Å². The van der Waals surface area contributed by atoms with E-state index in [4.69, 9.17) is 4.74 Å². The van der Waals surface area contributed by atoms with Crippen molar-refractivity contribution in [3.05, 3.63) is 41.1 Å². The van der Waals surface area contributed by atoms with Crippen LogP contribution in [0.25, 0.3) is 10.9 Å². The van der Waals surface area contributed by atoms with Crippen LogP contribution < -0.4 is 0 Å². The second-order valence-corrected chi connectivity index (χ2v) is 4.07. The monoisotopic (exact) mass is 229 g/mol. The van der Waals surface area contributed by atoms with Crippen LogP contribution >= 0.6 is 0 Å². The maximum Gasteiger partial charge on any atom is 0.310 e. The molecule has 3 heteroatoms. The van der Waals surface area contributed by atoms with Crippen LogP contribution in [-0.2, 0) is 16.0 Å². The topological polar surface area (TPSA) is 39.2 Å². The molecule has 0 atom stereocenters. The van der Waals surface area contributed by atoms with E-state index in [0.29, 0.717) is 0 Å². The average Bonchev–Trinajstić information content (AvgIpc) is 2.34. The lowest BCUT2D eigenvalue weighted by atomic mass is 10.00. The van der Waals surface area contributed by atoms with Gasteiger partial charge < -0.3 is 4.74 Å². The summed E-state index contributed by atoms with van der Waals surface area (Å²) in [6.07, 6.45) is 0.284. The number of esters is 1. The summed E-state index contributed by atoms with van der Waals surface area (Å²) < 4.78 is 4.71. The lowest BCUT2D eigenvalue weighted by Gasteiger charge is -2.11. The van der Waals surface area contributed by atoms with Crippen LogP contribution in [0.2, 0.25) is 0 Å². The predicted octanol–water partition coefficient (Wildman–Crippen LogP) is 2.57. The first-order chi connectivity index (χ1) is 8.13. The Hall–Kier alpha value is -1.90. The average molecular weight is 229 g/mol. The standard InChI is InChI=1S/C14H15NO2/c1-9-11-6-4-5-7-13(11)15-10(2)12(9)8-14(16)17-3/h4-7H,8H2,1-3H3. The normalized spacial score (nSPS) is 10.5. The van der Waals surface area contributed by atoms with Gasteiger partial charge in [-0.1, -0.05) is 18.2 Å². The quantitative estimate of drug-likeness (QED) is 0.743. The summed E-state index contributed by atoms with van der Waals surface area (Å²) in [6, 6.07) is 7.96. The molecule has 1 heterocycles. The molecule has 0 radical (unpaired) electrons. The Balaban J connectivity index is 2.59. The number of pyridine rings is 1. The van der Waals surface area contributed by atoms with Crippen molar-refractivity contribution in [1.82, 2.24) is 4.98 Å². The number of hydrogen-bond acceptors (Lipinski definition) is 3. The molecule has 88 valence electrons. The molecule has 0 fully saturated rings. The minimum atomic E-state index is -0.228. The SMILES string of the molecule is COC(=O)Cc1c(C)nc2ccccc2c1C. The zero-order chi connectivity index (χ0) is 12.4. The van der Waals surface area contributed by atoms with Gasteiger partial charge in [0.15, 0.2) is 0 Å². The van der Waals surface area contributed by atoms with Gasteiger partial charge in [-0.25, -0.2) is 0 Å². The van der Waals surface area contributed by atoms with E-state index in [1.54, 1.807) is 0 Å². The molecule has 0 aliphatic carbocycles. The molecule has 2 rings (SSSR count). The Morgan fingerprint density at radius 1 is 1.29 bits per heavy atom. The molecule has 0 spiro atoms. The summed E-state index contributed by atoms with van der Waals surface area (Å²) in [5, 5.41) is 1.09. The fourth-order valence-electron chi connectivity index (χ4n) is 2.05. The summed E-state index contributed by atoms with van der Waals surface area (Å²) in [4.78, 5) is 15.9.